The predicted octanol–water partition coefficient (Wildman–Crippen LogP) is 2.90. The van der Waals surface area contributed by atoms with Gasteiger partial charge in [0, 0.05) is 13.1 Å². The number of allylic oxidation sites excluding steroid dienone is 1. The number of sulfonamides is 1. The lowest BCUT2D eigenvalue weighted by Crippen LogP contribution is -2.37. The maximum atomic E-state index is 11.3. The summed E-state index contributed by atoms with van der Waals surface area (Å²) in [6.07, 6.45) is 8.44. The normalized spacial score (nSPS) is 15.0. The van der Waals surface area contributed by atoms with Crippen LogP contribution in [0.2, 0.25) is 0 Å². The number of hydrogen-bond donors (Lipinski definition) is 3. The van der Waals surface area contributed by atoms with Crippen LogP contribution in [0.4, 0.5) is 0 Å². The van der Waals surface area contributed by atoms with E-state index in [9.17, 15) is 8.42 Å². The van der Waals surface area contributed by atoms with Crippen molar-refractivity contribution in [2.24, 2.45) is 10.1 Å². The molecule has 8 heteroatoms. The van der Waals surface area contributed by atoms with Crippen LogP contribution in [0.25, 0.3) is 0 Å². The lowest BCUT2D eigenvalue weighted by atomic mass is 9.97. The molecule has 6 nitrogen and oxygen atoms in total. The monoisotopic (exact) mass is 492 g/mol. The van der Waals surface area contributed by atoms with Gasteiger partial charge in [-0.3, -0.25) is 0 Å². The van der Waals surface area contributed by atoms with Crippen LogP contribution >= 0.6 is 24.0 Å². The molecule has 0 fully saturated rings. The van der Waals surface area contributed by atoms with E-state index in [0.717, 1.165) is 31.0 Å². The summed E-state index contributed by atoms with van der Waals surface area (Å²) in [5.74, 6) is 0.773. The fourth-order valence-electron chi connectivity index (χ4n) is 2.77. The lowest BCUT2D eigenvalue weighted by molar-refractivity contribution is 0.598. The van der Waals surface area contributed by atoms with E-state index < -0.39 is 10.0 Å². The van der Waals surface area contributed by atoms with Gasteiger partial charge in [0.25, 0.3) is 0 Å². The predicted molar refractivity (Wildman–Crippen MR) is 117 cm³/mol. The fraction of sp³-hybridized carbons (Fsp3) is 0.500. The van der Waals surface area contributed by atoms with Crippen molar-refractivity contribution < 1.29 is 8.42 Å². The molecular formula is C18H29IN4O2S. The van der Waals surface area contributed by atoms with Gasteiger partial charge in [0.1, 0.15) is 0 Å². The average molecular weight is 492 g/mol. The van der Waals surface area contributed by atoms with Gasteiger partial charge in [-0.1, -0.05) is 23.8 Å². The molecule has 0 aliphatic heterocycles. The van der Waals surface area contributed by atoms with Crippen LogP contribution in [0.15, 0.2) is 45.8 Å². The minimum Gasteiger partial charge on any atom is -0.357 e. The summed E-state index contributed by atoms with van der Waals surface area (Å²) in [6.45, 7) is 4.16. The van der Waals surface area contributed by atoms with Crippen molar-refractivity contribution in [1.29, 1.82) is 0 Å². The van der Waals surface area contributed by atoms with Crippen LogP contribution in [0.3, 0.4) is 0 Å². The third-order valence-corrected chi connectivity index (χ3v) is 5.07. The molecule has 0 saturated heterocycles. The minimum absolute atomic E-state index is 0. The summed E-state index contributed by atoms with van der Waals surface area (Å²) in [4.78, 5) is 4.67. The first-order valence-corrected chi connectivity index (χ1v) is 10.4. The Labute approximate surface area is 173 Å². The molecule has 1 aliphatic carbocycles. The molecule has 4 N–H and O–H groups in total. The van der Waals surface area contributed by atoms with E-state index in [-0.39, 0.29) is 28.9 Å². The van der Waals surface area contributed by atoms with Crippen LogP contribution in [-0.4, -0.2) is 27.5 Å². The van der Waals surface area contributed by atoms with Gasteiger partial charge in [-0.05, 0) is 56.7 Å². The molecule has 1 aromatic carbocycles. The van der Waals surface area contributed by atoms with Crippen molar-refractivity contribution in [1.82, 2.24) is 10.6 Å². The molecule has 1 aliphatic rings. The quantitative estimate of drug-likeness (QED) is 0.236. The maximum Gasteiger partial charge on any atom is 0.238 e. The molecule has 26 heavy (non-hydrogen) atoms. The van der Waals surface area contributed by atoms with Gasteiger partial charge in [-0.2, -0.15) is 0 Å². The van der Waals surface area contributed by atoms with E-state index >= 15 is 0 Å². The zero-order valence-electron chi connectivity index (χ0n) is 15.2. The van der Waals surface area contributed by atoms with Crippen LogP contribution in [0.5, 0.6) is 0 Å². The van der Waals surface area contributed by atoms with Gasteiger partial charge in [-0.25, -0.2) is 18.5 Å². The number of halogens is 1. The zero-order chi connectivity index (χ0) is 18.1. The highest BCUT2D eigenvalue weighted by atomic mass is 127. The minimum atomic E-state index is -3.65. The second-order valence-electron chi connectivity index (χ2n) is 6.17. The first-order valence-electron chi connectivity index (χ1n) is 8.81. The van der Waals surface area contributed by atoms with Crippen molar-refractivity contribution in [2.45, 2.75) is 50.5 Å². The molecule has 0 saturated carbocycles. The molecule has 0 amide bonds. The molecule has 2 rings (SSSR count). The third-order valence-electron chi connectivity index (χ3n) is 4.14. The fourth-order valence-corrected chi connectivity index (χ4v) is 3.29. The summed E-state index contributed by atoms with van der Waals surface area (Å²) >= 11 is 0. The van der Waals surface area contributed by atoms with Crippen molar-refractivity contribution in [3.05, 3.63) is 41.5 Å². The van der Waals surface area contributed by atoms with Gasteiger partial charge in [0.2, 0.25) is 10.0 Å². The first-order chi connectivity index (χ1) is 12.0. The Morgan fingerprint density at radius 2 is 1.92 bits per heavy atom. The molecule has 0 spiro atoms. The summed E-state index contributed by atoms with van der Waals surface area (Å²) in [7, 11) is -3.65. The zero-order valence-corrected chi connectivity index (χ0v) is 18.3. The standard InChI is InChI=1S/C18H28N4O2S.HI/c1-2-20-18(21-13-12-15-6-4-3-5-7-15)22-14-16-8-10-17(11-9-16)25(19,23)24;/h6,8-11H,2-5,7,12-14H2,1H3,(H2,19,23,24)(H2,20,21,22);1H. The molecule has 0 unspecified atom stereocenters. The number of nitrogens with zero attached hydrogens (tertiary/aromatic N) is 1. The van der Waals surface area contributed by atoms with Gasteiger partial charge in [0.15, 0.2) is 5.96 Å². The highest BCUT2D eigenvalue weighted by molar-refractivity contribution is 14.0. The number of guanidine groups is 1. The SMILES string of the molecule is CCNC(=NCc1ccc(S(N)(=O)=O)cc1)NCCC1=CCCCC1.I. The van der Waals surface area contributed by atoms with Crippen molar-refractivity contribution in [3.63, 3.8) is 0 Å². The molecular weight excluding hydrogens is 463 g/mol. The second-order valence-corrected chi connectivity index (χ2v) is 7.73. The number of primary sulfonamides is 1. The Morgan fingerprint density at radius 3 is 2.50 bits per heavy atom. The molecule has 0 atom stereocenters. The van der Waals surface area contributed by atoms with Crippen molar-refractivity contribution in [3.8, 4) is 0 Å². The summed E-state index contributed by atoms with van der Waals surface area (Å²) in [6, 6.07) is 6.49. The van der Waals surface area contributed by atoms with Gasteiger partial charge in [-0.15, -0.1) is 24.0 Å². The molecule has 1 aromatic rings. The van der Waals surface area contributed by atoms with E-state index in [1.54, 1.807) is 12.1 Å². The van der Waals surface area contributed by atoms with Crippen LogP contribution < -0.4 is 15.8 Å². The van der Waals surface area contributed by atoms with E-state index in [1.165, 1.54) is 43.4 Å². The number of nitrogens with two attached hydrogens (primary N) is 1. The second kappa shape index (κ2) is 11.6. The number of nitrogens with one attached hydrogen (secondary N) is 2. The lowest BCUT2D eigenvalue weighted by Gasteiger charge is -2.15. The van der Waals surface area contributed by atoms with Crippen molar-refractivity contribution >= 4 is 40.0 Å². The van der Waals surface area contributed by atoms with E-state index in [1.807, 2.05) is 6.92 Å². The molecule has 0 bridgehead atoms. The first kappa shape index (κ1) is 22.9. The number of benzene rings is 1. The van der Waals surface area contributed by atoms with E-state index in [0.29, 0.717) is 6.54 Å². The Hall–Kier alpha value is -1.13. The smallest absolute Gasteiger partial charge is 0.238 e. The van der Waals surface area contributed by atoms with Gasteiger partial charge >= 0.3 is 0 Å². The van der Waals surface area contributed by atoms with Crippen LogP contribution in [-0.2, 0) is 16.6 Å². The Bertz CT molecular complexity index is 715. The van der Waals surface area contributed by atoms with Gasteiger partial charge in [0.05, 0.1) is 11.4 Å². The summed E-state index contributed by atoms with van der Waals surface area (Å²) in [5, 5.41) is 11.7. The maximum absolute atomic E-state index is 11.3. The highest BCUT2D eigenvalue weighted by Gasteiger charge is 2.07. The van der Waals surface area contributed by atoms with Crippen molar-refractivity contribution in [2.75, 3.05) is 13.1 Å². The Morgan fingerprint density at radius 1 is 1.19 bits per heavy atom. The Kier molecular flexibility index (Phi) is 10.2. The number of aliphatic imine (C=N–C) groups is 1. The van der Waals surface area contributed by atoms with Crippen LogP contribution in [0.1, 0.15) is 44.6 Å². The van der Waals surface area contributed by atoms with Crippen LogP contribution in [0, 0.1) is 0 Å². The third kappa shape index (κ3) is 8.05. The number of hydrogen-bond acceptors (Lipinski definition) is 3. The molecule has 0 aromatic heterocycles. The molecule has 0 heterocycles. The average Bonchev–Trinajstić information content (AvgIpc) is 2.60. The largest absolute Gasteiger partial charge is 0.357 e. The molecule has 146 valence electrons. The summed E-state index contributed by atoms with van der Waals surface area (Å²) < 4.78 is 22.5. The van der Waals surface area contributed by atoms with Gasteiger partial charge < -0.3 is 10.6 Å². The van der Waals surface area contributed by atoms with E-state index in [2.05, 4.69) is 21.7 Å². The summed E-state index contributed by atoms with van der Waals surface area (Å²) in [5.41, 5.74) is 2.47. The Balaban J connectivity index is 0.00000338. The topological polar surface area (TPSA) is 96.6 Å². The molecule has 0 radical (unpaired) electrons. The van der Waals surface area contributed by atoms with E-state index in [4.69, 9.17) is 5.14 Å². The number of rotatable bonds is 7. The highest BCUT2D eigenvalue weighted by Crippen LogP contribution is 2.19.